The van der Waals surface area contributed by atoms with E-state index in [0.717, 1.165) is 31.1 Å². The largest absolute Gasteiger partial charge is 0.365 e. The lowest BCUT2D eigenvalue weighted by Crippen LogP contribution is -2.27. The summed E-state index contributed by atoms with van der Waals surface area (Å²) < 4.78 is 0. The van der Waals surface area contributed by atoms with Gasteiger partial charge in [-0.15, -0.1) is 11.3 Å². The molecule has 1 aliphatic rings. The summed E-state index contributed by atoms with van der Waals surface area (Å²) in [5, 5.41) is 5.54. The Hall–Kier alpha value is -1.10. The summed E-state index contributed by atoms with van der Waals surface area (Å²) in [6.45, 7) is 1.76. The Labute approximate surface area is 86.9 Å². The molecule has 0 saturated carbocycles. The summed E-state index contributed by atoms with van der Waals surface area (Å²) in [4.78, 5) is 17.9. The first-order valence-electron chi connectivity index (χ1n) is 4.74. The van der Waals surface area contributed by atoms with Gasteiger partial charge in [0.25, 0.3) is 5.91 Å². The molecule has 5 heteroatoms. The minimum atomic E-state index is 0.0697. The van der Waals surface area contributed by atoms with E-state index in [9.17, 15) is 4.79 Å². The first-order chi connectivity index (χ1) is 6.81. The monoisotopic (exact) mass is 211 g/mol. The lowest BCUT2D eigenvalue weighted by molar-refractivity contribution is 0.0788. The molecule has 0 spiro atoms. The van der Waals surface area contributed by atoms with Gasteiger partial charge in [0, 0.05) is 25.5 Å². The molecule has 0 aliphatic carbocycles. The summed E-state index contributed by atoms with van der Waals surface area (Å²) in [5.41, 5.74) is 0.571. The van der Waals surface area contributed by atoms with Crippen molar-refractivity contribution in [3.05, 3.63) is 11.1 Å². The molecule has 14 heavy (non-hydrogen) atoms. The zero-order chi connectivity index (χ0) is 9.97. The number of nitrogens with zero attached hydrogens (tertiary/aromatic N) is 2. The number of aromatic nitrogens is 1. The van der Waals surface area contributed by atoms with Crippen molar-refractivity contribution in [2.24, 2.45) is 0 Å². The summed E-state index contributed by atoms with van der Waals surface area (Å²) in [7, 11) is 1.81. The average molecular weight is 211 g/mol. The van der Waals surface area contributed by atoms with E-state index in [0.29, 0.717) is 5.69 Å². The van der Waals surface area contributed by atoms with Crippen molar-refractivity contribution in [3.63, 3.8) is 0 Å². The van der Waals surface area contributed by atoms with Crippen molar-refractivity contribution < 1.29 is 4.79 Å². The third kappa shape index (κ3) is 1.72. The van der Waals surface area contributed by atoms with Crippen LogP contribution >= 0.6 is 11.3 Å². The molecule has 2 rings (SSSR count). The van der Waals surface area contributed by atoms with Crippen molar-refractivity contribution in [1.29, 1.82) is 0 Å². The van der Waals surface area contributed by atoms with Gasteiger partial charge in [-0.05, 0) is 12.8 Å². The normalized spacial score (nSPS) is 15.9. The SMILES string of the molecule is CNc1nc(C(=O)N2CCCC2)cs1. The molecule has 2 heterocycles. The van der Waals surface area contributed by atoms with E-state index in [1.807, 2.05) is 17.3 Å². The molecule has 0 aromatic carbocycles. The average Bonchev–Trinajstić information content (AvgIpc) is 2.88. The molecule has 1 aliphatic heterocycles. The highest BCUT2D eigenvalue weighted by Gasteiger charge is 2.21. The fraction of sp³-hybridized carbons (Fsp3) is 0.556. The van der Waals surface area contributed by atoms with E-state index in [-0.39, 0.29) is 5.91 Å². The van der Waals surface area contributed by atoms with Crippen molar-refractivity contribution in [2.75, 3.05) is 25.5 Å². The van der Waals surface area contributed by atoms with Gasteiger partial charge in [0.15, 0.2) is 5.13 Å². The first kappa shape index (κ1) is 9.45. The Bertz CT molecular complexity index is 331. The van der Waals surface area contributed by atoms with Crippen LogP contribution < -0.4 is 5.32 Å². The highest BCUT2D eigenvalue weighted by Crippen LogP contribution is 2.18. The van der Waals surface area contributed by atoms with Crippen LogP contribution in [0.15, 0.2) is 5.38 Å². The van der Waals surface area contributed by atoms with Crippen LogP contribution in [0.2, 0.25) is 0 Å². The molecule has 0 bridgehead atoms. The first-order valence-corrected chi connectivity index (χ1v) is 5.62. The van der Waals surface area contributed by atoms with Gasteiger partial charge in [0.05, 0.1) is 0 Å². The maximum atomic E-state index is 11.8. The van der Waals surface area contributed by atoms with Gasteiger partial charge in [-0.25, -0.2) is 4.98 Å². The molecular weight excluding hydrogens is 198 g/mol. The zero-order valence-electron chi connectivity index (χ0n) is 8.12. The fourth-order valence-corrected chi connectivity index (χ4v) is 2.21. The second-order valence-corrected chi connectivity index (χ2v) is 4.15. The van der Waals surface area contributed by atoms with E-state index < -0.39 is 0 Å². The van der Waals surface area contributed by atoms with Crippen LogP contribution in [0.5, 0.6) is 0 Å². The Morgan fingerprint density at radius 2 is 2.29 bits per heavy atom. The van der Waals surface area contributed by atoms with Crippen LogP contribution in [0.4, 0.5) is 5.13 Å². The minimum Gasteiger partial charge on any atom is -0.365 e. The second-order valence-electron chi connectivity index (χ2n) is 3.29. The van der Waals surface area contributed by atoms with E-state index in [1.165, 1.54) is 11.3 Å². The maximum Gasteiger partial charge on any atom is 0.273 e. The standard InChI is InChI=1S/C9H13N3OS/c1-10-9-11-7(6-14-9)8(13)12-4-2-3-5-12/h6H,2-5H2,1H3,(H,10,11). The van der Waals surface area contributed by atoms with Gasteiger partial charge >= 0.3 is 0 Å². The number of rotatable bonds is 2. The van der Waals surface area contributed by atoms with Crippen molar-refractivity contribution in [3.8, 4) is 0 Å². The van der Waals surface area contributed by atoms with Crippen LogP contribution in [0.3, 0.4) is 0 Å². The van der Waals surface area contributed by atoms with Crippen molar-refractivity contribution in [1.82, 2.24) is 9.88 Å². The van der Waals surface area contributed by atoms with Gasteiger partial charge in [-0.1, -0.05) is 0 Å². The Morgan fingerprint density at radius 3 is 2.86 bits per heavy atom. The predicted octanol–water partition coefficient (Wildman–Crippen LogP) is 1.42. The second kappa shape index (κ2) is 3.96. The molecule has 0 atom stereocenters. The van der Waals surface area contributed by atoms with E-state index in [2.05, 4.69) is 10.3 Å². The Balaban J connectivity index is 2.09. The number of likely N-dealkylation sites (tertiary alicyclic amines) is 1. The van der Waals surface area contributed by atoms with E-state index in [4.69, 9.17) is 0 Å². The molecule has 76 valence electrons. The Morgan fingerprint density at radius 1 is 1.57 bits per heavy atom. The van der Waals surface area contributed by atoms with Crippen LogP contribution in [0, 0.1) is 0 Å². The van der Waals surface area contributed by atoms with Crippen LogP contribution in [-0.2, 0) is 0 Å². The molecule has 0 unspecified atom stereocenters. The van der Waals surface area contributed by atoms with Crippen molar-refractivity contribution >= 4 is 22.4 Å². The highest BCUT2D eigenvalue weighted by atomic mass is 32.1. The molecule has 1 fully saturated rings. The summed E-state index contributed by atoms with van der Waals surface area (Å²) in [5.74, 6) is 0.0697. The van der Waals surface area contributed by atoms with Crippen LogP contribution in [0.1, 0.15) is 23.3 Å². The number of hydrogen-bond donors (Lipinski definition) is 1. The molecule has 1 saturated heterocycles. The summed E-state index contributed by atoms with van der Waals surface area (Å²) >= 11 is 1.47. The van der Waals surface area contributed by atoms with Gasteiger partial charge in [-0.2, -0.15) is 0 Å². The van der Waals surface area contributed by atoms with Crippen LogP contribution in [0.25, 0.3) is 0 Å². The number of amides is 1. The molecule has 1 amide bonds. The molecule has 4 nitrogen and oxygen atoms in total. The number of anilines is 1. The lowest BCUT2D eigenvalue weighted by Gasteiger charge is -2.12. The van der Waals surface area contributed by atoms with Crippen molar-refractivity contribution in [2.45, 2.75) is 12.8 Å². The predicted molar refractivity (Wildman–Crippen MR) is 56.8 cm³/mol. The summed E-state index contributed by atoms with van der Waals surface area (Å²) in [6.07, 6.45) is 2.24. The number of hydrogen-bond acceptors (Lipinski definition) is 4. The Kier molecular flexibility index (Phi) is 2.67. The van der Waals surface area contributed by atoms with Gasteiger partial charge < -0.3 is 10.2 Å². The third-order valence-corrected chi connectivity index (χ3v) is 3.19. The smallest absolute Gasteiger partial charge is 0.273 e. The van der Waals surface area contributed by atoms with E-state index >= 15 is 0 Å². The molecule has 1 aromatic heterocycles. The third-order valence-electron chi connectivity index (χ3n) is 2.33. The topological polar surface area (TPSA) is 45.2 Å². The van der Waals surface area contributed by atoms with Crippen LogP contribution in [-0.4, -0.2) is 35.9 Å². The quantitative estimate of drug-likeness (QED) is 0.804. The molecule has 1 aromatic rings. The van der Waals surface area contributed by atoms with Gasteiger partial charge in [0.2, 0.25) is 0 Å². The van der Waals surface area contributed by atoms with Gasteiger partial charge in [-0.3, -0.25) is 4.79 Å². The van der Waals surface area contributed by atoms with Gasteiger partial charge in [0.1, 0.15) is 5.69 Å². The summed E-state index contributed by atoms with van der Waals surface area (Å²) in [6, 6.07) is 0. The molecular formula is C9H13N3OS. The number of thiazole rings is 1. The lowest BCUT2D eigenvalue weighted by atomic mass is 10.4. The number of carbonyl (C=O) groups is 1. The minimum absolute atomic E-state index is 0.0697. The molecule has 1 N–H and O–H groups in total. The molecule has 0 radical (unpaired) electrons. The maximum absolute atomic E-state index is 11.8. The highest BCUT2D eigenvalue weighted by molar-refractivity contribution is 7.13. The fourth-order valence-electron chi connectivity index (χ4n) is 1.57. The zero-order valence-corrected chi connectivity index (χ0v) is 8.93. The van der Waals surface area contributed by atoms with E-state index in [1.54, 1.807) is 0 Å². The number of nitrogens with one attached hydrogen (secondary N) is 1. The number of carbonyl (C=O) groups excluding carboxylic acids is 1.